The van der Waals surface area contributed by atoms with Crippen LogP contribution in [0.15, 0.2) is 129 Å². The Balaban J connectivity index is 1.38. The van der Waals surface area contributed by atoms with Crippen LogP contribution in [0.1, 0.15) is 0 Å². The summed E-state index contributed by atoms with van der Waals surface area (Å²) in [6.07, 6.45) is 0. The molecule has 4 aromatic carbocycles. The van der Waals surface area contributed by atoms with Gasteiger partial charge < -0.3 is 21.3 Å². The molecule has 0 aliphatic carbocycles. The molecular weight excluding hydrogens is 980 g/mol. The number of anilines is 4. The monoisotopic (exact) mass is 1000 g/mol. The smallest absolute Gasteiger partial charge is 0.202 e. The maximum absolute atomic E-state index is 4.83. The summed E-state index contributed by atoms with van der Waals surface area (Å²) in [5.41, 5.74) is 3.60. The molecule has 2 aliphatic heterocycles. The van der Waals surface area contributed by atoms with Crippen molar-refractivity contribution < 1.29 is 0 Å². The molecule has 0 aromatic heterocycles. The molecule has 4 aromatic rings. The Labute approximate surface area is 297 Å². The fourth-order valence-corrected chi connectivity index (χ4v) is 5.35. The lowest BCUT2D eigenvalue weighted by Gasteiger charge is -2.10. The van der Waals surface area contributed by atoms with E-state index in [4.69, 9.17) is 20.0 Å². The van der Waals surface area contributed by atoms with E-state index in [1.165, 1.54) is 0 Å². The highest BCUT2D eigenvalue weighted by Crippen LogP contribution is 2.25. The van der Waals surface area contributed by atoms with Crippen LogP contribution in [0.5, 0.6) is 0 Å². The average Bonchev–Trinajstić information content (AvgIpc) is 3.57. The molecule has 0 radical (unpaired) electrons. The molecule has 0 fully saturated rings. The van der Waals surface area contributed by atoms with Gasteiger partial charge in [-0.25, -0.2) is 20.0 Å². The van der Waals surface area contributed by atoms with E-state index in [0.29, 0.717) is 35.0 Å². The van der Waals surface area contributed by atoms with Crippen LogP contribution in [0.3, 0.4) is 0 Å². The third kappa shape index (κ3) is 7.49. The van der Waals surface area contributed by atoms with E-state index in [1.54, 1.807) is 0 Å². The van der Waals surface area contributed by atoms with Crippen molar-refractivity contribution in [2.45, 2.75) is 0 Å². The van der Waals surface area contributed by atoms with Crippen LogP contribution in [0.2, 0.25) is 0 Å². The number of amidine groups is 4. The Hall–Kier alpha value is -2.58. The topological polar surface area (TPSA) is 97.6 Å². The molecule has 0 atom stereocenters. The van der Waals surface area contributed by atoms with Gasteiger partial charge in [-0.2, -0.15) is 0 Å². The Morgan fingerprint density at radius 3 is 0.690 bits per heavy atom. The molecule has 6 rings (SSSR count). The highest BCUT2D eigenvalue weighted by atomic mass is 127. The Bertz CT molecular complexity index is 1510. The first-order valence-electron chi connectivity index (χ1n) is 12.6. The van der Waals surface area contributed by atoms with E-state index >= 15 is 0 Å². The summed E-state index contributed by atoms with van der Waals surface area (Å²) in [5, 5.41) is 13.6. The maximum Gasteiger partial charge on any atom is 0.202 e. The first-order chi connectivity index (χ1) is 20.4. The molecule has 0 unspecified atom stereocenters. The number of hydrogen-bond donors (Lipinski definition) is 4. The third-order valence-electron chi connectivity index (χ3n) is 5.95. The first-order valence-corrected chi connectivity index (χ1v) is 16.9. The minimum absolute atomic E-state index is 0.400. The van der Waals surface area contributed by atoms with Crippen LogP contribution >= 0.6 is 90.4 Å². The van der Waals surface area contributed by atoms with Gasteiger partial charge in [0.05, 0.1) is 0 Å². The van der Waals surface area contributed by atoms with Crippen molar-refractivity contribution in [3.63, 3.8) is 0 Å². The van der Waals surface area contributed by atoms with E-state index in [0.717, 1.165) is 37.0 Å². The van der Waals surface area contributed by atoms with E-state index in [2.05, 4.69) is 112 Å². The Morgan fingerprint density at radius 2 is 0.500 bits per heavy atom. The molecule has 0 saturated carbocycles. The fraction of sp³-hybridized carbons (Fsp3) is 0. The van der Waals surface area contributed by atoms with Gasteiger partial charge in [0.1, 0.15) is 0 Å². The summed E-state index contributed by atoms with van der Waals surface area (Å²) in [5.74, 6) is 3.11. The van der Waals surface area contributed by atoms with E-state index in [1.807, 2.05) is 97.1 Å². The summed E-state index contributed by atoms with van der Waals surface area (Å²) in [4.78, 5) is 19.3. The summed E-state index contributed by atoms with van der Waals surface area (Å²) in [6, 6.07) is 32.4. The second-order valence-electron chi connectivity index (χ2n) is 9.02. The number of aliphatic imine (C=N–C) groups is 4. The number of nitrogens with zero attached hydrogens (tertiary/aromatic N) is 4. The largest absolute Gasteiger partial charge is 0.337 e. The van der Waals surface area contributed by atoms with Crippen molar-refractivity contribution in [2.75, 3.05) is 21.3 Å². The van der Waals surface area contributed by atoms with Gasteiger partial charge in [-0.3, -0.25) is 0 Å². The number of benzene rings is 4. The SMILES string of the molecule is Ic1ccc(NC2=NC(=C3N=C(Nc4ccc(I)cc4)C(Nc4ccc(I)cc4)=N3)N=C2Nc2ccc(I)cc2)cc1. The molecule has 12 heteroatoms. The van der Waals surface area contributed by atoms with Gasteiger partial charge in [0.2, 0.25) is 11.6 Å². The Kier molecular flexibility index (Phi) is 9.39. The van der Waals surface area contributed by atoms with Gasteiger partial charge in [0, 0.05) is 37.0 Å². The predicted molar refractivity (Wildman–Crippen MR) is 208 cm³/mol. The average molecular weight is 1000 g/mol. The van der Waals surface area contributed by atoms with Crippen molar-refractivity contribution >= 4 is 136 Å². The second-order valence-corrected chi connectivity index (χ2v) is 14.0. The Morgan fingerprint density at radius 1 is 0.310 bits per heavy atom. The normalized spacial score (nSPS) is 14.2. The van der Waals surface area contributed by atoms with Gasteiger partial charge in [-0.05, 0) is 187 Å². The lowest BCUT2D eigenvalue weighted by atomic mass is 10.3. The van der Waals surface area contributed by atoms with Crippen molar-refractivity contribution in [3.05, 3.63) is 123 Å². The number of rotatable bonds is 4. The van der Waals surface area contributed by atoms with Crippen LogP contribution in [0.25, 0.3) is 0 Å². The van der Waals surface area contributed by atoms with Gasteiger partial charge in [-0.1, -0.05) is 0 Å². The van der Waals surface area contributed by atoms with Crippen LogP contribution in [-0.4, -0.2) is 23.3 Å². The molecule has 0 spiro atoms. The van der Waals surface area contributed by atoms with Crippen molar-refractivity contribution in [2.24, 2.45) is 20.0 Å². The summed E-state index contributed by atoms with van der Waals surface area (Å²) >= 11 is 9.16. The van der Waals surface area contributed by atoms with Gasteiger partial charge >= 0.3 is 0 Å². The number of hydrogen-bond acceptors (Lipinski definition) is 8. The quantitative estimate of drug-likeness (QED) is 0.154. The lowest BCUT2D eigenvalue weighted by Crippen LogP contribution is -2.27. The van der Waals surface area contributed by atoms with Crippen LogP contribution in [-0.2, 0) is 0 Å². The zero-order valence-corrected chi connectivity index (χ0v) is 30.2. The molecule has 0 saturated heterocycles. The standard InChI is InChI=1S/C30H20I4N8/c31-17-1-9-21(10-2-17)35-25-26(36-22-11-3-18(32)4-12-22)40-29(39-25)30-41-27(37-23-13-5-19(33)6-14-23)28(42-30)38-24-15-7-20(34)8-16-24/h1-16H,(H,35,39)(H,36,40)(H,37,41)(H,38,42). The maximum atomic E-state index is 4.83. The highest BCUT2D eigenvalue weighted by molar-refractivity contribution is 14.1. The van der Waals surface area contributed by atoms with Gasteiger partial charge in [0.15, 0.2) is 23.3 Å². The molecule has 8 nitrogen and oxygen atoms in total. The second kappa shape index (κ2) is 13.4. The van der Waals surface area contributed by atoms with E-state index < -0.39 is 0 Å². The van der Waals surface area contributed by atoms with Crippen molar-refractivity contribution in [1.82, 2.24) is 0 Å². The minimum atomic E-state index is 0.400. The molecule has 42 heavy (non-hydrogen) atoms. The van der Waals surface area contributed by atoms with E-state index in [9.17, 15) is 0 Å². The fourth-order valence-electron chi connectivity index (χ4n) is 3.91. The van der Waals surface area contributed by atoms with Crippen molar-refractivity contribution in [1.29, 1.82) is 0 Å². The molecule has 0 amide bonds. The summed E-state index contributed by atoms with van der Waals surface area (Å²) in [7, 11) is 0. The zero-order chi connectivity index (χ0) is 29.1. The van der Waals surface area contributed by atoms with Crippen LogP contribution in [0.4, 0.5) is 22.7 Å². The lowest BCUT2D eigenvalue weighted by molar-refractivity contribution is 1.12. The predicted octanol–water partition coefficient (Wildman–Crippen LogP) is 8.60. The molecule has 4 N–H and O–H groups in total. The first kappa shape index (κ1) is 29.5. The van der Waals surface area contributed by atoms with E-state index in [-0.39, 0.29) is 0 Å². The van der Waals surface area contributed by atoms with Crippen LogP contribution < -0.4 is 21.3 Å². The molecule has 2 heterocycles. The number of halogens is 4. The molecule has 208 valence electrons. The molecular formula is C30H20I4N8. The summed E-state index contributed by atoms with van der Waals surface area (Å²) < 4.78 is 4.60. The van der Waals surface area contributed by atoms with Gasteiger partial charge in [0.25, 0.3) is 0 Å². The highest BCUT2D eigenvalue weighted by Gasteiger charge is 2.26. The third-order valence-corrected chi connectivity index (χ3v) is 8.82. The van der Waals surface area contributed by atoms with Gasteiger partial charge in [-0.15, -0.1) is 0 Å². The number of nitrogens with one attached hydrogen (secondary N) is 4. The van der Waals surface area contributed by atoms with Crippen LogP contribution in [0, 0.1) is 14.3 Å². The van der Waals surface area contributed by atoms with Crippen molar-refractivity contribution in [3.8, 4) is 0 Å². The minimum Gasteiger partial charge on any atom is -0.337 e. The zero-order valence-electron chi connectivity index (χ0n) is 21.5. The summed E-state index contributed by atoms with van der Waals surface area (Å²) in [6.45, 7) is 0. The molecule has 0 bridgehead atoms. The molecule has 2 aliphatic rings.